The molecule has 0 saturated carbocycles. The molecule has 3 aromatic heterocycles. The van der Waals surface area contributed by atoms with E-state index in [0.29, 0.717) is 27.4 Å². The van der Waals surface area contributed by atoms with Crippen LogP contribution in [0.5, 0.6) is 0 Å². The van der Waals surface area contributed by atoms with Crippen molar-refractivity contribution in [1.29, 1.82) is 0 Å². The smallest absolute Gasteiger partial charge is 0.870 e. The number of hydrogen-bond acceptors (Lipinski definition) is 8. The molecule has 0 amide bonds. The summed E-state index contributed by atoms with van der Waals surface area (Å²) in [5.74, 6) is 0.0664. The van der Waals surface area contributed by atoms with Gasteiger partial charge in [0.25, 0.3) is 0 Å². The third-order valence-electron chi connectivity index (χ3n) is 6.80. The van der Waals surface area contributed by atoms with E-state index in [-0.39, 0.29) is 69.3 Å². The number of aliphatic hydroxyl groups excluding tert-OH is 1. The molecule has 0 bridgehead atoms. The molecule has 244 valence electrons. The number of aliphatic hydroxyl groups is 1. The minimum Gasteiger partial charge on any atom is -0.870 e. The van der Waals surface area contributed by atoms with Crippen molar-refractivity contribution in [3.63, 3.8) is 0 Å². The van der Waals surface area contributed by atoms with Gasteiger partial charge in [0.2, 0.25) is 0 Å². The molecular weight excluding hydrogens is 686 g/mol. The second-order valence-corrected chi connectivity index (χ2v) is 10.9. The Balaban J connectivity index is 0.000000258. The fourth-order valence-corrected chi connectivity index (χ4v) is 4.73. The number of rotatable bonds is 3. The van der Waals surface area contributed by atoms with Crippen LogP contribution in [0.4, 0.5) is 5.69 Å². The molecule has 4 aromatic carbocycles. The van der Waals surface area contributed by atoms with Crippen LogP contribution in [-0.2, 0) is 0 Å². The van der Waals surface area contributed by atoms with Gasteiger partial charge in [0.1, 0.15) is 0 Å². The summed E-state index contributed by atoms with van der Waals surface area (Å²) in [6, 6.07) is 34.1. The molecule has 3 heterocycles. The predicted octanol–water partition coefficient (Wildman–Crippen LogP) is 6.10. The standard InChI is InChI=1S/C18H11ClN2.C10H8N2O.C8H7ClO.C2H6O.K.H2O/c19-15-8-5-12(6-9-15)16-10-7-14-4-3-13-2-1-11-20-17(13)18(14)21-16;11-9-8(6-13)4-3-7-2-1-5-12-10(7)9;1-6(10)7-2-4-8(9)5-3-7;1-2-3;;/h1-11H;1-6H,11H2;2-5H,1H3;3H,2H2,1H3;;1H2/q;;;;+1;/p-1. The fourth-order valence-electron chi connectivity index (χ4n) is 4.48. The SMILES string of the molecule is CC(=O)c1ccc(Cl)cc1.CCO.Clc1ccc(-c2ccc3ccc4cccnc4c3n2)cc1.Nc1c(C=O)ccc2cccnc12.[K+].[OH-]. The number of Topliss-reactive ketones (excluding diaryl/α,β-unsaturated/α-hetero) is 1. The normalized spacial score (nSPS) is 9.73. The number of ketones is 1. The van der Waals surface area contributed by atoms with Crippen molar-refractivity contribution in [3.8, 4) is 11.3 Å². The Hall–Kier alpha value is -3.61. The molecule has 0 aliphatic rings. The number of aldehydes is 1. The van der Waals surface area contributed by atoms with Crippen molar-refractivity contribution >= 4 is 73.7 Å². The van der Waals surface area contributed by atoms with E-state index in [1.807, 2.05) is 54.6 Å². The summed E-state index contributed by atoms with van der Waals surface area (Å²) in [5, 5.41) is 12.1. The van der Waals surface area contributed by atoms with Crippen LogP contribution in [0.2, 0.25) is 10.0 Å². The van der Waals surface area contributed by atoms with Crippen molar-refractivity contribution in [2.75, 3.05) is 12.3 Å². The van der Waals surface area contributed by atoms with Gasteiger partial charge in [-0.25, -0.2) is 4.98 Å². The van der Waals surface area contributed by atoms with Gasteiger partial charge in [-0.05, 0) is 74.5 Å². The number of aromatic nitrogens is 3. The number of halogens is 2. The zero-order valence-electron chi connectivity index (χ0n) is 27.2. The molecule has 7 rings (SSSR count). The molecular formula is C38H33Cl2KN4O4. The number of carbonyl (C=O) groups excluding carboxylic acids is 2. The van der Waals surface area contributed by atoms with Gasteiger partial charge >= 0.3 is 51.4 Å². The average molecular weight is 720 g/mol. The summed E-state index contributed by atoms with van der Waals surface area (Å²) in [6.45, 7) is 3.46. The summed E-state index contributed by atoms with van der Waals surface area (Å²) in [7, 11) is 0. The molecule has 0 spiro atoms. The quantitative estimate of drug-likeness (QED) is 0.0732. The number of pyridine rings is 3. The van der Waals surface area contributed by atoms with Crippen LogP contribution in [0.1, 0.15) is 34.6 Å². The molecule has 8 nitrogen and oxygen atoms in total. The zero-order chi connectivity index (χ0) is 33.8. The number of hydrogen-bond donors (Lipinski definition) is 2. The Morgan fingerprint density at radius 3 is 1.76 bits per heavy atom. The topological polar surface area (TPSA) is 149 Å². The maximum absolute atomic E-state index is 10.7. The van der Waals surface area contributed by atoms with Gasteiger partial charge in [0, 0.05) is 61.9 Å². The Labute approximate surface area is 337 Å². The Bertz CT molecular complexity index is 2130. The van der Waals surface area contributed by atoms with E-state index < -0.39 is 0 Å². The predicted molar refractivity (Wildman–Crippen MR) is 195 cm³/mol. The number of nitrogens with two attached hydrogens (primary N) is 1. The first-order valence-corrected chi connectivity index (χ1v) is 15.4. The van der Waals surface area contributed by atoms with Crippen molar-refractivity contribution in [1.82, 2.24) is 15.0 Å². The summed E-state index contributed by atoms with van der Waals surface area (Å²) in [5.41, 5.74) is 11.9. The molecule has 49 heavy (non-hydrogen) atoms. The van der Waals surface area contributed by atoms with Crippen molar-refractivity contribution in [3.05, 3.63) is 143 Å². The van der Waals surface area contributed by atoms with E-state index in [1.165, 1.54) is 6.92 Å². The van der Waals surface area contributed by atoms with E-state index in [9.17, 15) is 9.59 Å². The van der Waals surface area contributed by atoms with Crippen LogP contribution in [0.15, 0.2) is 122 Å². The van der Waals surface area contributed by atoms with Gasteiger partial charge < -0.3 is 16.3 Å². The second kappa shape index (κ2) is 20.8. The van der Waals surface area contributed by atoms with Gasteiger partial charge in [-0.1, -0.05) is 71.7 Å². The van der Waals surface area contributed by atoms with Crippen LogP contribution in [0.3, 0.4) is 0 Å². The van der Waals surface area contributed by atoms with Crippen LogP contribution in [0, 0.1) is 0 Å². The molecule has 7 aromatic rings. The summed E-state index contributed by atoms with van der Waals surface area (Å²) < 4.78 is 0. The molecule has 0 fully saturated rings. The molecule has 0 atom stereocenters. The van der Waals surface area contributed by atoms with Gasteiger partial charge in [0.05, 0.1) is 27.9 Å². The van der Waals surface area contributed by atoms with E-state index in [0.717, 1.165) is 49.8 Å². The second-order valence-electron chi connectivity index (χ2n) is 10.1. The average Bonchev–Trinajstić information content (AvgIpc) is 3.10. The Morgan fingerprint density at radius 1 is 0.735 bits per heavy atom. The van der Waals surface area contributed by atoms with Crippen molar-refractivity contribution < 1.29 is 71.6 Å². The number of nitrogens with zero attached hydrogens (tertiary/aromatic N) is 3. The van der Waals surface area contributed by atoms with Gasteiger partial charge in [-0.15, -0.1) is 0 Å². The van der Waals surface area contributed by atoms with E-state index in [1.54, 1.807) is 49.6 Å². The summed E-state index contributed by atoms with van der Waals surface area (Å²) >= 11 is 11.5. The van der Waals surface area contributed by atoms with Gasteiger partial charge in [0.15, 0.2) is 12.1 Å². The van der Waals surface area contributed by atoms with Crippen LogP contribution < -0.4 is 57.1 Å². The third-order valence-corrected chi connectivity index (χ3v) is 7.30. The maximum Gasteiger partial charge on any atom is 1.00 e. The van der Waals surface area contributed by atoms with Crippen LogP contribution in [-0.4, -0.2) is 44.2 Å². The molecule has 0 aliphatic heterocycles. The number of fused-ring (bicyclic) bond motifs is 4. The third kappa shape index (κ3) is 11.5. The minimum atomic E-state index is 0. The first kappa shape index (κ1) is 41.6. The molecule has 0 aliphatic carbocycles. The first-order valence-electron chi connectivity index (χ1n) is 14.6. The van der Waals surface area contributed by atoms with E-state index in [4.69, 9.17) is 39.0 Å². The Morgan fingerprint density at radius 2 is 1.20 bits per heavy atom. The monoisotopic (exact) mass is 718 g/mol. The minimum absolute atomic E-state index is 0. The van der Waals surface area contributed by atoms with Crippen LogP contribution >= 0.6 is 23.2 Å². The first-order chi connectivity index (χ1) is 22.7. The summed E-state index contributed by atoms with van der Waals surface area (Å²) in [4.78, 5) is 34.7. The maximum atomic E-state index is 10.7. The van der Waals surface area contributed by atoms with E-state index >= 15 is 0 Å². The number of benzene rings is 4. The molecule has 0 radical (unpaired) electrons. The molecule has 11 heteroatoms. The zero-order valence-corrected chi connectivity index (χ0v) is 31.9. The Kier molecular flexibility index (Phi) is 17.6. The van der Waals surface area contributed by atoms with Gasteiger partial charge in [-0.2, -0.15) is 0 Å². The van der Waals surface area contributed by atoms with Crippen molar-refractivity contribution in [2.24, 2.45) is 0 Å². The number of nitrogen functional groups attached to an aromatic ring is 1. The number of anilines is 1. The van der Waals surface area contributed by atoms with E-state index in [2.05, 4.69) is 34.2 Å². The van der Waals surface area contributed by atoms with Gasteiger partial charge in [-0.3, -0.25) is 19.6 Å². The largest absolute Gasteiger partial charge is 1.00 e. The number of carbonyl (C=O) groups is 2. The molecule has 0 unspecified atom stereocenters. The molecule has 4 N–H and O–H groups in total. The molecule has 0 saturated heterocycles. The van der Waals surface area contributed by atoms with Crippen LogP contribution in [0.25, 0.3) is 44.0 Å². The summed E-state index contributed by atoms with van der Waals surface area (Å²) in [6.07, 6.45) is 4.20. The fraction of sp³-hybridized carbons (Fsp3) is 0.0789. The van der Waals surface area contributed by atoms with Crippen molar-refractivity contribution in [2.45, 2.75) is 13.8 Å².